The Balaban J connectivity index is 4.04. The SMILES string of the molecule is CCC(CNC(=O)OC(C)(C)C)NC(C)C(F)F. The Kier molecular flexibility index (Phi) is 7.13. The molecule has 6 heteroatoms. The standard InChI is InChI=1S/C12H24F2N2O2/c1-6-9(16-8(2)10(13)14)7-15-11(17)18-12(3,4)5/h8-10,16H,6-7H2,1-5H3,(H,15,17). The number of carbonyl (C=O) groups excluding carboxylic acids is 1. The molecule has 0 rings (SSSR count). The van der Waals surface area contributed by atoms with Gasteiger partial charge >= 0.3 is 6.09 Å². The molecule has 1 amide bonds. The average molecular weight is 266 g/mol. The summed E-state index contributed by atoms with van der Waals surface area (Å²) >= 11 is 0. The van der Waals surface area contributed by atoms with E-state index in [1.165, 1.54) is 6.92 Å². The Morgan fingerprint density at radius 3 is 2.28 bits per heavy atom. The molecule has 0 bridgehead atoms. The molecule has 108 valence electrons. The van der Waals surface area contributed by atoms with E-state index < -0.39 is 24.2 Å². The minimum Gasteiger partial charge on any atom is -0.444 e. The lowest BCUT2D eigenvalue weighted by atomic mass is 10.2. The molecule has 4 nitrogen and oxygen atoms in total. The van der Waals surface area contributed by atoms with E-state index in [2.05, 4.69) is 10.6 Å². The summed E-state index contributed by atoms with van der Waals surface area (Å²) in [6.07, 6.45) is -2.31. The maximum atomic E-state index is 12.4. The second-order valence-corrected chi connectivity index (χ2v) is 5.28. The van der Waals surface area contributed by atoms with E-state index in [9.17, 15) is 13.6 Å². The summed E-state index contributed by atoms with van der Waals surface area (Å²) in [5.74, 6) is 0. The van der Waals surface area contributed by atoms with Crippen LogP contribution in [0.4, 0.5) is 13.6 Å². The smallest absolute Gasteiger partial charge is 0.407 e. The number of nitrogens with one attached hydrogen (secondary N) is 2. The van der Waals surface area contributed by atoms with Crippen LogP contribution in [-0.2, 0) is 4.74 Å². The van der Waals surface area contributed by atoms with Crippen LogP contribution in [-0.4, -0.2) is 36.7 Å². The summed E-state index contributed by atoms with van der Waals surface area (Å²) in [5, 5.41) is 5.33. The Labute approximate surface area is 107 Å². The van der Waals surface area contributed by atoms with Crippen LogP contribution < -0.4 is 10.6 Å². The van der Waals surface area contributed by atoms with Gasteiger partial charge in [0.05, 0.1) is 6.04 Å². The van der Waals surface area contributed by atoms with Gasteiger partial charge in [-0.25, -0.2) is 13.6 Å². The fourth-order valence-electron chi connectivity index (χ4n) is 1.29. The molecule has 18 heavy (non-hydrogen) atoms. The first-order valence-corrected chi connectivity index (χ1v) is 6.16. The zero-order valence-corrected chi connectivity index (χ0v) is 11.7. The second-order valence-electron chi connectivity index (χ2n) is 5.28. The first-order valence-electron chi connectivity index (χ1n) is 6.16. The topological polar surface area (TPSA) is 50.4 Å². The third kappa shape index (κ3) is 8.22. The number of amides is 1. The molecular formula is C12H24F2N2O2. The number of halogens is 2. The average Bonchev–Trinajstić information content (AvgIpc) is 2.21. The maximum absolute atomic E-state index is 12.4. The summed E-state index contributed by atoms with van der Waals surface area (Å²) in [6.45, 7) is 8.85. The Bertz CT molecular complexity index is 255. The van der Waals surface area contributed by atoms with E-state index in [1.807, 2.05) is 6.92 Å². The van der Waals surface area contributed by atoms with Gasteiger partial charge in [0.2, 0.25) is 0 Å². The van der Waals surface area contributed by atoms with Crippen LogP contribution in [0.2, 0.25) is 0 Å². The Hall–Kier alpha value is -0.910. The highest BCUT2D eigenvalue weighted by atomic mass is 19.3. The Morgan fingerprint density at radius 2 is 1.89 bits per heavy atom. The van der Waals surface area contributed by atoms with Crippen LogP contribution in [0.5, 0.6) is 0 Å². The number of rotatable bonds is 6. The summed E-state index contributed by atoms with van der Waals surface area (Å²) in [7, 11) is 0. The van der Waals surface area contributed by atoms with E-state index in [4.69, 9.17) is 4.74 Å². The summed E-state index contributed by atoms with van der Waals surface area (Å²) < 4.78 is 29.8. The first-order chi connectivity index (χ1) is 8.15. The van der Waals surface area contributed by atoms with Crippen molar-refractivity contribution < 1.29 is 18.3 Å². The highest BCUT2D eigenvalue weighted by molar-refractivity contribution is 5.67. The molecule has 2 unspecified atom stereocenters. The molecule has 0 radical (unpaired) electrons. The van der Waals surface area contributed by atoms with Gasteiger partial charge < -0.3 is 15.4 Å². The number of hydrogen-bond acceptors (Lipinski definition) is 3. The largest absolute Gasteiger partial charge is 0.444 e. The predicted octanol–water partition coefficient (Wildman–Crippen LogP) is 2.53. The lowest BCUT2D eigenvalue weighted by molar-refractivity contribution is 0.0517. The predicted molar refractivity (Wildman–Crippen MR) is 66.9 cm³/mol. The van der Waals surface area contributed by atoms with E-state index >= 15 is 0 Å². The molecule has 0 fully saturated rings. The minimum absolute atomic E-state index is 0.193. The van der Waals surface area contributed by atoms with Crippen molar-refractivity contribution in [1.82, 2.24) is 10.6 Å². The molecule has 0 saturated carbocycles. The monoisotopic (exact) mass is 266 g/mol. The van der Waals surface area contributed by atoms with Gasteiger partial charge in [-0.1, -0.05) is 6.92 Å². The van der Waals surface area contributed by atoms with Crippen LogP contribution in [0, 0.1) is 0 Å². The van der Waals surface area contributed by atoms with Crippen molar-refractivity contribution in [3.63, 3.8) is 0 Å². The molecule has 0 aliphatic heterocycles. The van der Waals surface area contributed by atoms with Gasteiger partial charge in [-0.15, -0.1) is 0 Å². The van der Waals surface area contributed by atoms with Gasteiger partial charge in [-0.3, -0.25) is 0 Å². The summed E-state index contributed by atoms with van der Waals surface area (Å²) in [5.41, 5.74) is -0.560. The van der Waals surface area contributed by atoms with E-state index in [0.29, 0.717) is 6.42 Å². The van der Waals surface area contributed by atoms with Crippen molar-refractivity contribution in [2.24, 2.45) is 0 Å². The van der Waals surface area contributed by atoms with Gasteiger partial charge in [0.25, 0.3) is 6.43 Å². The third-order valence-corrected chi connectivity index (χ3v) is 2.26. The molecule has 2 atom stereocenters. The van der Waals surface area contributed by atoms with Crippen LogP contribution in [0.25, 0.3) is 0 Å². The van der Waals surface area contributed by atoms with Gasteiger partial charge in [0, 0.05) is 12.6 Å². The van der Waals surface area contributed by atoms with Gasteiger partial charge in [-0.05, 0) is 34.1 Å². The molecule has 0 aliphatic rings. The lowest BCUT2D eigenvalue weighted by Gasteiger charge is -2.24. The number of carbonyl (C=O) groups is 1. The summed E-state index contributed by atoms with van der Waals surface area (Å²) in [4.78, 5) is 11.4. The zero-order valence-electron chi connectivity index (χ0n) is 11.7. The van der Waals surface area contributed by atoms with Gasteiger partial charge in [0.15, 0.2) is 0 Å². The molecule has 0 spiro atoms. The van der Waals surface area contributed by atoms with Crippen LogP contribution >= 0.6 is 0 Å². The molecule has 2 N–H and O–H groups in total. The van der Waals surface area contributed by atoms with E-state index in [-0.39, 0.29) is 12.6 Å². The lowest BCUT2D eigenvalue weighted by Crippen LogP contribution is -2.47. The second kappa shape index (κ2) is 7.51. The van der Waals surface area contributed by atoms with Crippen molar-refractivity contribution in [1.29, 1.82) is 0 Å². The van der Waals surface area contributed by atoms with Crippen molar-refractivity contribution in [3.05, 3.63) is 0 Å². The molecule has 0 heterocycles. The van der Waals surface area contributed by atoms with Gasteiger partial charge in [-0.2, -0.15) is 0 Å². The maximum Gasteiger partial charge on any atom is 0.407 e. The van der Waals surface area contributed by atoms with Crippen molar-refractivity contribution in [2.75, 3.05) is 6.54 Å². The van der Waals surface area contributed by atoms with Crippen molar-refractivity contribution >= 4 is 6.09 Å². The van der Waals surface area contributed by atoms with Crippen molar-refractivity contribution in [2.45, 2.75) is 65.1 Å². The highest BCUT2D eigenvalue weighted by Gasteiger charge is 2.20. The number of alkyl carbamates (subject to hydrolysis) is 1. The minimum atomic E-state index is -2.42. The molecular weight excluding hydrogens is 242 g/mol. The van der Waals surface area contributed by atoms with Crippen LogP contribution in [0.15, 0.2) is 0 Å². The number of alkyl halides is 2. The quantitative estimate of drug-likeness (QED) is 0.776. The molecule has 0 aromatic rings. The third-order valence-electron chi connectivity index (χ3n) is 2.26. The highest BCUT2D eigenvalue weighted by Crippen LogP contribution is 2.07. The zero-order chi connectivity index (χ0) is 14.3. The summed E-state index contributed by atoms with van der Waals surface area (Å²) in [6, 6.07) is -1.09. The number of hydrogen-bond donors (Lipinski definition) is 2. The fourth-order valence-corrected chi connectivity index (χ4v) is 1.29. The molecule has 0 aliphatic carbocycles. The first kappa shape index (κ1) is 17.1. The van der Waals surface area contributed by atoms with Gasteiger partial charge in [0.1, 0.15) is 5.60 Å². The van der Waals surface area contributed by atoms with Crippen LogP contribution in [0.3, 0.4) is 0 Å². The Morgan fingerprint density at radius 1 is 1.33 bits per heavy atom. The van der Waals surface area contributed by atoms with Crippen molar-refractivity contribution in [3.8, 4) is 0 Å². The molecule has 0 aromatic heterocycles. The van der Waals surface area contributed by atoms with Crippen LogP contribution in [0.1, 0.15) is 41.0 Å². The van der Waals surface area contributed by atoms with E-state index in [1.54, 1.807) is 20.8 Å². The fraction of sp³-hybridized carbons (Fsp3) is 0.917. The molecule has 0 saturated heterocycles. The number of ether oxygens (including phenoxy) is 1. The van der Waals surface area contributed by atoms with E-state index in [0.717, 1.165) is 0 Å². The normalized spacial score (nSPS) is 15.3. The molecule has 0 aromatic carbocycles.